The van der Waals surface area contributed by atoms with E-state index >= 15 is 0 Å². The Morgan fingerprint density at radius 3 is 2.94 bits per heavy atom. The smallest absolute Gasteiger partial charge is 0.128 e. The van der Waals surface area contributed by atoms with Crippen molar-refractivity contribution in [2.24, 2.45) is 5.73 Å². The monoisotopic (exact) mass is 219 g/mol. The number of aromatic nitrogens is 1. The van der Waals surface area contributed by atoms with Gasteiger partial charge < -0.3 is 10.6 Å². The van der Waals surface area contributed by atoms with Crippen molar-refractivity contribution in [2.45, 2.75) is 38.6 Å². The van der Waals surface area contributed by atoms with Crippen LogP contribution in [0.4, 0.5) is 5.82 Å². The molecule has 0 amide bonds. The number of nitrogens with zero attached hydrogens (tertiary/aromatic N) is 2. The molecule has 1 fully saturated rings. The lowest BCUT2D eigenvalue weighted by Crippen LogP contribution is -2.37. The van der Waals surface area contributed by atoms with Crippen molar-refractivity contribution in [3.63, 3.8) is 0 Å². The fourth-order valence-corrected chi connectivity index (χ4v) is 2.34. The molecule has 1 aromatic rings. The van der Waals surface area contributed by atoms with Crippen molar-refractivity contribution in [1.82, 2.24) is 4.98 Å². The second-order valence-electron chi connectivity index (χ2n) is 4.60. The van der Waals surface area contributed by atoms with Crippen molar-refractivity contribution in [2.75, 3.05) is 18.0 Å². The van der Waals surface area contributed by atoms with E-state index in [1.165, 1.54) is 24.8 Å². The topological polar surface area (TPSA) is 42.1 Å². The molecule has 2 rings (SSSR count). The van der Waals surface area contributed by atoms with Crippen LogP contribution in [0.2, 0.25) is 0 Å². The van der Waals surface area contributed by atoms with Gasteiger partial charge in [-0.25, -0.2) is 4.98 Å². The Labute approximate surface area is 97.7 Å². The van der Waals surface area contributed by atoms with Crippen molar-refractivity contribution < 1.29 is 0 Å². The molecule has 2 N–H and O–H groups in total. The summed E-state index contributed by atoms with van der Waals surface area (Å²) in [7, 11) is 0. The van der Waals surface area contributed by atoms with Gasteiger partial charge in [0.2, 0.25) is 0 Å². The van der Waals surface area contributed by atoms with Crippen molar-refractivity contribution >= 4 is 5.82 Å². The number of hydrogen-bond donors (Lipinski definition) is 1. The molecule has 0 aromatic carbocycles. The Bertz CT molecular complexity index is 320. The summed E-state index contributed by atoms with van der Waals surface area (Å²) in [6.45, 7) is 4.13. The molecular formula is C13H21N3. The first-order valence-electron chi connectivity index (χ1n) is 6.23. The lowest BCUT2D eigenvalue weighted by atomic mass is 10.0. The van der Waals surface area contributed by atoms with Gasteiger partial charge in [0.25, 0.3) is 0 Å². The highest BCUT2D eigenvalue weighted by molar-refractivity contribution is 5.40. The maximum absolute atomic E-state index is 5.53. The van der Waals surface area contributed by atoms with Crippen LogP contribution in [-0.2, 0) is 6.42 Å². The number of piperidine rings is 1. The Morgan fingerprint density at radius 2 is 2.31 bits per heavy atom. The third-order valence-electron chi connectivity index (χ3n) is 3.34. The van der Waals surface area contributed by atoms with Gasteiger partial charge in [-0.2, -0.15) is 0 Å². The van der Waals surface area contributed by atoms with Gasteiger partial charge in [0.15, 0.2) is 0 Å². The zero-order chi connectivity index (χ0) is 11.4. The van der Waals surface area contributed by atoms with E-state index in [1.54, 1.807) is 0 Å². The van der Waals surface area contributed by atoms with Crippen molar-refractivity contribution in [3.8, 4) is 0 Å². The van der Waals surface area contributed by atoms with Crippen molar-refractivity contribution in [3.05, 3.63) is 23.9 Å². The molecule has 1 saturated heterocycles. The standard InChI is InChI=1S/C13H21N3/c1-11-4-2-3-9-16(11)13-6-5-12(7-8-14)10-15-13/h5-6,10-11H,2-4,7-9,14H2,1H3. The van der Waals surface area contributed by atoms with Crippen LogP contribution in [0.25, 0.3) is 0 Å². The maximum Gasteiger partial charge on any atom is 0.128 e. The summed E-state index contributed by atoms with van der Waals surface area (Å²) in [5, 5.41) is 0. The molecule has 88 valence electrons. The lowest BCUT2D eigenvalue weighted by molar-refractivity contribution is 0.481. The second kappa shape index (κ2) is 5.30. The molecule has 1 aliphatic rings. The Hall–Kier alpha value is -1.09. The first kappa shape index (κ1) is 11.4. The van der Waals surface area contributed by atoms with E-state index in [0.717, 1.165) is 18.8 Å². The van der Waals surface area contributed by atoms with Crippen LogP contribution in [0.3, 0.4) is 0 Å². The molecule has 1 aliphatic heterocycles. The first-order valence-corrected chi connectivity index (χ1v) is 6.23. The van der Waals surface area contributed by atoms with Gasteiger partial charge in [-0.15, -0.1) is 0 Å². The lowest BCUT2D eigenvalue weighted by Gasteiger charge is -2.34. The van der Waals surface area contributed by atoms with E-state index in [2.05, 4.69) is 28.9 Å². The summed E-state index contributed by atoms with van der Waals surface area (Å²) < 4.78 is 0. The summed E-state index contributed by atoms with van der Waals surface area (Å²) >= 11 is 0. The van der Waals surface area contributed by atoms with Gasteiger partial charge in [0, 0.05) is 18.8 Å². The van der Waals surface area contributed by atoms with Gasteiger partial charge in [0.05, 0.1) is 0 Å². The SMILES string of the molecule is CC1CCCCN1c1ccc(CCN)cn1. The Balaban J connectivity index is 2.08. The van der Waals surface area contributed by atoms with Crippen LogP contribution in [0.15, 0.2) is 18.3 Å². The summed E-state index contributed by atoms with van der Waals surface area (Å²) in [5.41, 5.74) is 6.76. The molecule has 0 aliphatic carbocycles. The van der Waals surface area contributed by atoms with E-state index in [4.69, 9.17) is 5.73 Å². The van der Waals surface area contributed by atoms with Crippen molar-refractivity contribution in [1.29, 1.82) is 0 Å². The Morgan fingerprint density at radius 1 is 1.44 bits per heavy atom. The van der Waals surface area contributed by atoms with Gasteiger partial charge in [-0.3, -0.25) is 0 Å². The third kappa shape index (κ3) is 2.53. The molecule has 16 heavy (non-hydrogen) atoms. The molecule has 0 saturated carbocycles. The number of nitrogens with two attached hydrogens (primary N) is 1. The molecule has 2 heterocycles. The van der Waals surface area contributed by atoms with E-state index in [-0.39, 0.29) is 0 Å². The highest BCUT2D eigenvalue weighted by Gasteiger charge is 2.18. The van der Waals surface area contributed by atoms with Gasteiger partial charge in [-0.1, -0.05) is 6.07 Å². The third-order valence-corrected chi connectivity index (χ3v) is 3.34. The number of hydrogen-bond acceptors (Lipinski definition) is 3. The Kier molecular flexibility index (Phi) is 3.78. The highest BCUT2D eigenvalue weighted by Crippen LogP contribution is 2.22. The average Bonchev–Trinajstić information content (AvgIpc) is 2.31. The molecule has 1 atom stereocenters. The summed E-state index contributed by atoms with van der Waals surface area (Å²) in [5.74, 6) is 1.12. The summed E-state index contributed by atoms with van der Waals surface area (Å²) in [6, 6.07) is 4.91. The quantitative estimate of drug-likeness (QED) is 0.845. The fourth-order valence-electron chi connectivity index (χ4n) is 2.34. The largest absolute Gasteiger partial charge is 0.354 e. The van der Waals surface area contributed by atoms with Gasteiger partial charge in [0.1, 0.15) is 5.82 Å². The normalized spacial score (nSPS) is 21.1. The summed E-state index contributed by atoms with van der Waals surface area (Å²) in [4.78, 5) is 6.95. The molecule has 1 aromatic heterocycles. The predicted octanol–water partition coefficient (Wildman–Crippen LogP) is 1.96. The zero-order valence-corrected chi connectivity index (χ0v) is 10.0. The fraction of sp³-hybridized carbons (Fsp3) is 0.615. The average molecular weight is 219 g/mol. The molecule has 3 nitrogen and oxygen atoms in total. The second-order valence-corrected chi connectivity index (χ2v) is 4.60. The van der Waals surface area contributed by atoms with Crippen LogP contribution < -0.4 is 10.6 Å². The maximum atomic E-state index is 5.53. The number of anilines is 1. The van der Waals surface area contributed by atoms with Gasteiger partial charge >= 0.3 is 0 Å². The van der Waals surface area contributed by atoms with Gasteiger partial charge in [-0.05, 0) is 50.8 Å². The summed E-state index contributed by atoms with van der Waals surface area (Å²) in [6.07, 6.45) is 6.80. The van der Waals surface area contributed by atoms with Crippen LogP contribution in [0.1, 0.15) is 31.7 Å². The molecular weight excluding hydrogens is 198 g/mol. The zero-order valence-electron chi connectivity index (χ0n) is 10.0. The van der Waals surface area contributed by atoms with E-state index in [1.807, 2.05) is 6.20 Å². The van der Waals surface area contributed by atoms with E-state index in [9.17, 15) is 0 Å². The molecule has 0 radical (unpaired) electrons. The predicted molar refractivity (Wildman–Crippen MR) is 67.7 cm³/mol. The minimum Gasteiger partial charge on any atom is -0.354 e. The van der Waals surface area contributed by atoms with Crippen LogP contribution >= 0.6 is 0 Å². The molecule has 0 spiro atoms. The van der Waals surface area contributed by atoms with Crippen LogP contribution in [0.5, 0.6) is 0 Å². The van der Waals surface area contributed by atoms with Crippen LogP contribution in [-0.4, -0.2) is 24.1 Å². The number of rotatable bonds is 3. The molecule has 1 unspecified atom stereocenters. The first-order chi connectivity index (χ1) is 7.81. The van der Waals surface area contributed by atoms with E-state index in [0.29, 0.717) is 12.6 Å². The minimum absolute atomic E-state index is 0.626. The molecule has 0 bridgehead atoms. The highest BCUT2D eigenvalue weighted by atomic mass is 15.2. The van der Waals surface area contributed by atoms with Crippen LogP contribution in [0, 0.1) is 0 Å². The van der Waals surface area contributed by atoms with E-state index < -0.39 is 0 Å². The minimum atomic E-state index is 0.626. The molecule has 3 heteroatoms. The number of pyridine rings is 1.